The molecular formula is C16H24N2O3. The molecule has 2 N–H and O–H groups in total. The fourth-order valence-corrected chi connectivity index (χ4v) is 2.24. The maximum absolute atomic E-state index is 11.9. The lowest BCUT2D eigenvalue weighted by Crippen LogP contribution is -2.34. The number of amides is 1. The molecule has 1 aliphatic rings. The van der Waals surface area contributed by atoms with Gasteiger partial charge in [0.1, 0.15) is 12.4 Å². The Balaban J connectivity index is 1.76. The molecule has 0 radical (unpaired) electrons. The number of nitrogens with one attached hydrogen (secondary N) is 2. The Morgan fingerprint density at radius 1 is 1.38 bits per heavy atom. The van der Waals surface area contributed by atoms with E-state index in [9.17, 15) is 4.79 Å². The Bertz CT molecular complexity index is 445. The van der Waals surface area contributed by atoms with Gasteiger partial charge in [-0.15, -0.1) is 0 Å². The van der Waals surface area contributed by atoms with Crippen LogP contribution in [0.15, 0.2) is 24.3 Å². The molecule has 116 valence electrons. The Hall–Kier alpha value is -1.59. The number of piperidine rings is 1. The van der Waals surface area contributed by atoms with E-state index < -0.39 is 0 Å². The monoisotopic (exact) mass is 292 g/mol. The zero-order chi connectivity index (χ0) is 14.9. The van der Waals surface area contributed by atoms with Crippen molar-refractivity contribution >= 4 is 11.6 Å². The van der Waals surface area contributed by atoms with Gasteiger partial charge in [-0.05, 0) is 44.5 Å². The van der Waals surface area contributed by atoms with Gasteiger partial charge in [-0.3, -0.25) is 4.79 Å². The van der Waals surface area contributed by atoms with Crippen LogP contribution < -0.4 is 15.4 Å². The van der Waals surface area contributed by atoms with E-state index in [0.717, 1.165) is 43.8 Å². The fraction of sp³-hybridized carbons (Fsp3) is 0.562. The molecule has 2 rings (SSSR count). The van der Waals surface area contributed by atoms with Crippen LogP contribution in [-0.2, 0) is 9.53 Å². The van der Waals surface area contributed by atoms with E-state index in [1.54, 1.807) is 0 Å². The minimum Gasteiger partial charge on any atom is -0.494 e. The first-order chi connectivity index (χ1) is 10.3. The van der Waals surface area contributed by atoms with Gasteiger partial charge in [0.15, 0.2) is 0 Å². The van der Waals surface area contributed by atoms with E-state index in [1.165, 1.54) is 0 Å². The van der Waals surface area contributed by atoms with Gasteiger partial charge < -0.3 is 20.1 Å². The molecule has 0 aromatic heterocycles. The minimum atomic E-state index is -0.124. The molecule has 0 aliphatic carbocycles. The number of carbonyl (C=O) groups is 1. The smallest absolute Gasteiger partial charge is 0.250 e. The van der Waals surface area contributed by atoms with Gasteiger partial charge in [0.05, 0.1) is 12.7 Å². The van der Waals surface area contributed by atoms with Crippen LogP contribution >= 0.6 is 0 Å². The van der Waals surface area contributed by atoms with Crippen LogP contribution in [0.2, 0.25) is 0 Å². The molecule has 0 unspecified atom stereocenters. The zero-order valence-electron chi connectivity index (χ0n) is 12.6. The lowest BCUT2D eigenvalue weighted by Gasteiger charge is -2.22. The average Bonchev–Trinajstić information content (AvgIpc) is 2.52. The molecule has 1 aromatic rings. The van der Waals surface area contributed by atoms with Crippen molar-refractivity contribution in [3.05, 3.63) is 24.3 Å². The second-order valence-corrected chi connectivity index (χ2v) is 5.18. The summed E-state index contributed by atoms with van der Waals surface area (Å²) in [6, 6.07) is 7.43. The predicted octanol–water partition coefficient (Wildman–Crippen LogP) is 2.18. The third kappa shape index (κ3) is 5.73. The molecule has 1 heterocycles. The van der Waals surface area contributed by atoms with Gasteiger partial charge in [0, 0.05) is 11.8 Å². The summed E-state index contributed by atoms with van der Waals surface area (Å²) in [6.07, 6.45) is 3.08. The molecule has 1 fully saturated rings. The maximum Gasteiger partial charge on any atom is 0.250 e. The second kappa shape index (κ2) is 8.64. The summed E-state index contributed by atoms with van der Waals surface area (Å²) >= 11 is 0. The second-order valence-electron chi connectivity index (χ2n) is 5.18. The van der Waals surface area contributed by atoms with Crippen LogP contribution in [0, 0.1) is 0 Å². The summed E-state index contributed by atoms with van der Waals surface area (Å²) in [4.78, 5) is 11.9. The van der Waals surface area contributed by atoms with Gasteiger partial charge in [-0.2, -0.15) is 0 Å². The van der Waals surface area contributed by atoms with Crippen molar-refractivity contribution in [3.8, 4) is 5.75 Å². The summed E-state index contributed by atoms with van der Waals surface area (Å²) < 4.78 is 11.2. The molecule has 1 aromatic carbocycles. The van der Waals surface area contributed by atoms with Crippen molar-refractivity contribution in [1.82, 2.24) is 5.32 Å². The number of rotatable bonds is 7. The third-order valence-corrected chi connectivity index (χ3v) is 3.33. The molecule has 0 spiro atoms. The van der Waals surface area contributed by atoms with E-state index in [0.29, 0.717) is 6.61 Å². The van der Waals surface area contributed by atoms with E-state index in [-0.39, 0.29) is 18.6 Å². The van der Waals surface area contributed by atoms with Gasteiger partial charge >= 0.3 is 0 Å². The quantitative estimate of drug-likeness (QED) is 0.808. The highest BCUT2D eigenvalue weighted by molar-refractivity contribution is 5.91. The predicted molar refractivity (Wildman–Crippen MR) is 82.7 cm³/mol. The highest BCUT2D eigenvalue weighted by Crippen LogP contribution is 2.17. The Kier molecular flexibility index (Phi) is 6.50. The molecule has 0 saturated carbocycles. The van der Waals surface area contributed by atoms with Crippen LogP contribution in [0.1, 0.15) is 26.2 Å². The highest BCUT2D eigenvalue weighted by atomic mass is 16.5. The Morgan fingerprint density at radius 3 is 2.95 bits per heavy atom. The van der Waals surface area contributed by atoms with E-state index >= 15 is 0 Å². The number of hydrogen-bond donors (Lipinski definition) is 2. The summed E-state index contributed by atoms with van der Waals surface area (Å²) in [5.74, 6) is 0.648. The third-order valence-electron chi connectivity index (χ3n) is 3.33. The molecular weight excluding hydrogens is 268 g/mol. The molecule has 1 saturated heterocycles. The summed E-state index contributed by atoms with van der Waals surface area (Å²) in [6.45, 7) is 4.76. The first-order valence-corrected chi connectivity index (χ1v) is 7.63. The van der Waals surface area contributed by atoms with Crippen LogP contribution in [0.4, 0.5) is 5.69 Å². The molecule has 0 atom stereocenters. The molecule has 1 amide bonds. The van der Waals surface area contributed by atoms with Gasteiger partial charge in [0.2, 0.25) is 5.91 Å². The first-order valence-electron chi connectivity index (χ1n) is 7.63. The van der Waals surface area contributed by atoms with Crippen LogP contribution in [0.5, 0.6) is 5.75 Å². The van der Waals surface area contributed by atoms with Crippen molar-refractivity contribution in [2.24, 2.45) is 0 Å². The normalized spacial score (nSPS) is 15.7. The summed E-state index contributed by atoms with van der Waals surface area (Å²) in [5.41, 5.74) is 0.738. The Morgan fingerprint density at radius 2 is 2.19 bits per heavy atom. The van der Waals surface area contributed by atoms with Crippen molar-refractivity contribution in [1.29, 1.82) is 0 Å². The number of hydrogen-bond acceptors (Lipinski definition) is 4. The van der Waals surface area contributed by atoms with Crippen LogP contribution in [0.3, 0.4) is 0 Å². The lowest BCUT2D eigenvalue weighted by atomic mass is 10.1. The fourth-order valence-electron chi connectivity index (χ4n) is 2.24. The topological polar surface area (TPSA) is 59.6 Å². The Labute approximate surface area is 126 Å². The van der Waals surface area contributed by atoms with Crippen molar-refractivity contribution < 1.29 is 14.3 Å². The SMILES string of the molecule is CCCOc1cccc(NC(=O)COC2CCNCC2)c1. The van der Waals surface area contributed by atoms with Gasteiger partial charge in [0.25, 0.3) is 0 Å². The van der Waals surface area contributed by atoms with Gasteiger partial charge in [-0.1, -0.05) is 13.0 Å². The maximum atomic E-state index is 11.9. The van der Waals surface area contributed by atoms with E-state index in [1.807, 2.05) is 24.3 Å². The number of benzene rings is 1. The van der Waals surface area contributed by atoms with Crippen LogP contribution in [0.25, 0.3) is 0 Å². The molecule has 1 aliphatic heterocycles. The number of carbonyl (C=O) groups excluding carboxylic acids is 1. The van der Waals surface area contributed by atoms with Crippen molar-refractivity contribution in [3.63, 3.8) is 0 Å². The van der Waals surface area contributed by atoms with Crippen molar-refractivity contribution in [2.75, 3.05) is 31.6 Å². The highest BCUT2D eigenvalue weighted by Gasteiger charge is 2.14. The number of ether oxygens (including phenoxy) is 2. The molecule has 5 nitrogen and oxygen atoms in total. The zero-order valence-corrected chi connectivity index (χ0v) is 12.6. The van der Waals surface area contributed by atoms with Crippen molar-refractivity contribution in [2.45, 2.75) is 32.3 Å². The lowest BCUT2D eigenvalue weighted by molar-refractivity contribution is -0.123. The minimum absolute atomic E-state index is 0.102. The first kappa shape index (κ1) is 15.8. The molecule has 0 bridgehead atoms. The van der Waals surface area contributed by atoms with E-state index in [4.69, 9.17) is 9.47 Å². The average molecular weight is 292 g/mol. The van der Waals surface area contributed by atoms with E-state index in [2.05, 4.69) is 17.6 Å². The molecule has 5 heteroatoms. The summed E-state index contributed by atoms with van der Waals surface area (Å²) in [7, 11) is 0. The van der Waals surface area contributed by atoms with Gasteiger partial charge in [-0.25, -0.2) is 0 Å². The van der Waals surface area contributed by atoms with Crippen LogP contribution in [-0.4, -0.2) is 38.3 Å². The number of anilines is 1. The standard InChI is InChI=1S/C16H24N2O3/c1-2-10-20-15-5-3-4-13(11-15)18-16(19)12-21-14-6-8-17-9-7-14/h3-5,11,14,17H,2,6-10,12H2,1H3,(H,18,19). The summed E-state index contributed by atoms with van der Waals surface area (Å²) in [5, 5.41) is 6.11. The largest absolute Gasteiger partial charge is 0.494 e. The molecule has 21 heavy (non-hydrogen) atoms.